The predicted octanol–water partition coefficient (Wildman–Crippen LogP) is 3.89. The van der Waals surface area contributed by atoms with Crippen molar-refractivity contribution in [3.8, 4) is 0 Å². The quantitative estimate of drug-likeness (QED) is 0.882. The lowest BCUT2D eigenvalue weighted by atomic mass is 9.89. The van der Waals surface area contributed by atoms with Gasteiger partial charge in [0.15, 0.2) is 0 Å². The van der Waals surface area contributed by atoms with Crippen molar-refractivity contribution in [2.45, 2.75) is 33.7 Å². The largest absolute Gasteiger partial charge is 0.352 e. The topological polar surface area (TPSA) is 29.1 Å². The second-order valence-electron chi connectivity index (χ2n) is 5.56. The van der Waals surface area contributed by atoms with E-state index in [1.54, 1.807) is 0 Å². The van der Waals surface area contributed by atoms with Gasteiger partial charge < -0.3 is 5.32 Å². The van der Waals surface area contributed by atoms with E-state index in [2.05, 4.69) is 29.6 Å². The highest BCUT2D eigenvalue weighted by Gasteiger charge is 2.24. The summed E-state index contributed by atoms with van der Waals surface area (Å²) in [5.41, 5.74) is 0.864. The highest BCUT2D eigenvalue weighted by molar-refractivity contribution is 5.86. The third-order valence-electron chi connectivity index (χ3n) is 3.82. The van der Waals surface area contributed by atoms with Gasteiger partial charge in [0, 0.05) is 12.0 Å². The monoisotopic (exact) mass is 255 g/mol. The molecule has 0 radical (unpaired) electrons. The van der Waals surface area contributed by atoms with Crippen LogP contribution in [-0.2, 0) is 11.3 Å². The summed E-state index contributed by atoms with van der Waals surface area (Å²) in [5, 5.41) is 5.46. The zero-order chi connectivity index (χ0) is 13.9. The van der Waals surface area contributed by atoms with Gasteiger partial charge >= 0.3 is 0 Å². The normalized spacial score (nSPS) is 11.5. The van der Waals surface area contributed by atoms with Gasteiger partial charge in [-0.05, 0) is 22.8 Å². The summed E-state index contributed by atoms with van der Waals surface area (Å²) < 4.78 is 0. The van der Waals surface area contributed by atoms with Crippen molar-refractivity contribution in [3.05, 3.63) is 48.0 Å². The summed E-state index contributed by atoms with van der Waals surface area (Å²) in [6, 6.07) is 14.5. The molecule has 2 heteroatoms. The molecule has 2 rings (SSSR count). The molecule has 0 atom stereocenters. The fourth-order valence-electron chi connectivity index (χ4n) is 2.02. The van der Waals surface area contributed by atoms with Crippen LogP contribution in [0, 0.1) is 5.41 Å². The number of benzene rings is 2. The lowest BCUT2D eigenvalue weighted by Gasteiger charge is -2.21. The fraction of sp³-hybridized carbons (Fsp3) is 0.353. The number of carbonyl (C=O) groups excluding carboxylic acids is 1. The number of hydrogen-bond acceptors (Lipinski definition) is 1. The highest BCUT2D eigenvalue weighted by atomic mass is 16.2. The average Bonchev–Trinajstić information content (AvgIpc) is 2.44. The van der Waals surface area contributed by atoms with Crippen LogP contribution in [0.1, 0.15) is 32.8 Å². The van der Waals surface area contributed by atoms with Crippen molar-refractivity contribution < 1.29 is 4.79 Å². The van der Waals surface area contributed by atoms with Crippen molar-refractivity contribution >= 4 is 16.7 Å². The van der Waals surface area contributed by atoms with E-state index in [0.29, 0.717) is 6.54 Å². The minimum Gasteiger partial charge on any atom is -0.352 e. The lowest BCUT2D eigenvalue weighted by Crippen LogP contribution is -2.36. The molecule has 2 aromatic carbocycles. The van der Waals surface area contributed by atoms with Crippen LogP contribution < -0.4 is 5.32 Å². The minimum atomic E-state index is -0.301. The van der Waals surface area contributed by atoms with E-state index in [9.17, 15) is 4.79 Å². The van der Waals surface area contributed by atoms with Gasteiger partial charge in [-0.1, -0.05) is 63.2 Å². The number of amides is 1. The van der Waals surface area contributed by atoms with E-state index in [4.69, 9.17) is 0 Å². The van der Waals surface area contributed by atoms with E-state index in [0.717, 1.165) is 6.42 Å². The van der Waals surface area contributed by atoms with Crippen molar-refractivity contribution in [3.63, 3.8) is 0 Å². The van der Waals surface area contributed by atoms with Crippen LogP contribution in [0.2, 0.25) is 0 Å². The highest BCUT2D eigenvalue weighted by Crippen LogP contribution is 2.21. The number of rotatable bonds is 4. The molecule has 2 nitrogen and oxygen atoms in total. The first-order valence-electron chi connectivity index (χ1n) is 6.79. The summed E-state index contributed by atoms with van der Waals surface area (Å²) in [4.78, 5) is 12.1. The molecule has 1 amide bonds. The van der Waals surface area contributed by atoms with Crippen LogP contribution in [0.3, 0.4) is 0 Å². The van der Waals surface area contributed by atoms with Gasteiger partial charge in [0.1, 0.15) is 0 Å². The molecule has 0 unspecified atom stereocenters. The molecule has 0 aliphatic carbocycles. The third-order valence-corrected chi connectivity index (χ3v) is 3.82. The van der Waals surface area contributed by atoms with Gasteiger partial charge in [-0.3, -0.25) is 4.79 Å². The molecule has 100 valence electrons. The van der Waals surface area contributed by atoms with Gasteiger partial charge in [0.05, 0.1) is 0 Å². The van der Waals surface area contributed by atoms with E-state index in [1.807, 2.05) is 39.0 Å². The Labute approximate surface area is 114 Å². The summed E-state index contributed by atoms with van der Waals surface area (Å²) in [5.74, 6) is 0.114. The molecule has 0 fully saturated rings. The molecule has 0 aliphatic rings. The molecule has 2 aromatic rings. The first kappa shape index (κ1) is 13.6. The Kier molecular flexibility index (Phi) is 3.89. The molecule has 0 aliphatic heterocycles. The molecule has 1 N–H and O–H groups in total. The zero-order valence-corrected chi connectivity index (χ0v) is 11.9. The molecule has 0 bridgehead atoms. The molecule has 19 heavy (non-hydrogen) atoms. The van der Waals surface area contributed by atoms with E-state index in [-0.39, 0.29) is 11.3 Å². The second-order valence-corrected chi connectivity index (χ2v) is 5.56. The van der Waals surface area contributed by atoms with Crippen LogP contribution in [0.25, 0.3) is 10.8 Å². The number of hydrogen-bond donors (Lipinski definition) is 1. The summed E-state index contributed by atoms with van der Waals surface area (Å²) in [7, 11) is 0. The molecule has 0 saturated carbocycles. The summed E-state index contributed by atoms with van der Waals surface area (Å²) in [6.07, 6.45) is 0.842. The van der Waals surface area contributed by atoms with Crippen LogP contribution in [0.4, 0.5) is 0 Å². The summed E-state index contributed by atoms with van der Waals surface area (Å²) >= 11 is 0. The number of carbonyl (C=O) groups is 1. The second kappa shape index (κ2) is 5.43. The Balaban J connectivity index is 2.17. The Morgan fingerprint density at radius 1 is 1.11 bits per heavy atom. The predicted molar refractivity (Wildman–Crippen MR) is 79.9 cm³/mol. The average molecular weight is 255 g/mol. The van der Waals surface area contributed by atoms with Crippen molar-refractivity contribution in [2.75, 3.05) is 0 Å². The molecule has 0 spiro atoms. The van der Waals surface area contributed by atoms with E-state index >= 15 is 0 Å². The SMILES string of the molecule is CCC(C)(C)C(=O)NCc1cccc2ccccc12. The maximum Gasteiger partial charge on any atom is 0.225 e. The lowest BCUT2D eigenvalue weighted by molar-refractivity contribution is -0.129. The standard InChI is InChI=1S/C17H21NO/c1-4-17(2,3)16(19)18-12-14-10-7-9-13-8-5-6-11-15(13)14/h5-11H,4,12H2,1-3H3,(H,18,19). The van der Waals surface area contributed by atoms with Gasteiger partial charge in [0.2, 0.25) is 5.91 Å². The maximum absolute atomic E-state index is 12.1. The number of fused-ring (bicyclic) bond motifs is 1. The molecular formula is C17H21NO. The van der Waals surface area contributed by atoms with Gasteiger partial charge in [-0.15, -0.1) is 0 Å². The van der Waals surface area contributed by atoms with Crippen LogP contribution >= 0.6 is 0 Å². The van der Waals surface area contributed by atoms with Crippen molar-refractivity contribution in [1.82, 2.24) is 5.32 Å². The first-order chi connectivity index (χ1) is 9.04. The fourth-order valence-corrected chi connectivity index (χ4v) is 2.02. The van der Waals surface area contributed by atoms with Gasteiger partial charge in [0.25, 0.3) is 0 Å². The van der Waals surface area contributed by atoms with Crippen LogP contribution in [-0.4, -0.2) is 5.91 Å². The first-order valence-corrected chi connectivity index (χ1v) is 6.79. The van der Waals surface area contributed by atoms with Crippen LogP contribution in [0.15, 0.2) is 42.5 Å². The molecule has 0 heterocycles. The van der Waals surface area contributed by atoms with E-state index in [1.165, 1.54) is 16.3 Å². The molecule has 0 saturated heterocycles. The third kappa shape index (κ3) is 2.95. The smallest absolute Gasteiger partial charge is 0.225 e. The maximum atomic E-state index is 12.1. The van der Waals surface area contributed by atoms with Crippen molar-refractivity contribution in [1.29, 1.82) is 0 Å². The molecule has 0 aromatic heterocycles. The van der Waals surface area contributed by atoms with E-state index < -0.39 is 0 Å². The Bertz CT molecular complexity index is 581. The number of nitrogens with one attached hydrogen (secondary N) is 1. The minimum absolute atomic E-state index is 0.114. The Hall–Kier alpha value is -1.83. The van der Waals surface area contributed by atoms with Gasteiger partial charge in [-0.25, -0.2) is 0 Å². The van der Waals surface area contributed by atoms with Crippen molar-refractivity contribution in [2.24, 2.45) is 5.41 Å². The molecular weight excluding hydrogens is 234 g/mol. The Morgan fingerprint density at radius 2 is 1.79 bits per heavy atom. The zero-order valence-electron chi connectivity index (χ0n) is 11.9. The summed E-state index contributed by atoms with van der Waals surface area (Å²) in [6.45, 7) is 6.58. The van der Waals surface area contributed by atoms with Gasteiger partial charge in [-0.2, -0.15) is 0 Å². The Morgan fingerprint density at radius 3 is 2.53 bits per heavy atom. The van der Waals surface area contributed by atoms with Crippen LogP contribution in [0.5, 0.6) is 0 Å².